The fourth-order valence-corrected chi connectivity index (χ4v) is 2.14. The van der Waals surface area contributed by atoms with Gasteiger partial charge in [0.1, 0.15) is 0 Å². The molecule has 17 heavy (non-hydrogen) atoms. The minimum Gasteiger partial charge on any atom is -0.339 e. The predicted octanol–water partition coefficient (Wildman–Crippen LogP) is 4.21. The van der Waals surface area contributed by atoms with Gasteiger partial charge in [-0.3, -0.25) is 4.79 Å². The maximum atomic E-state index is 11.9. The van der Waals surface area contributed by atoms with Gasteiger partial charge in [-0.25, -0.2) is 0 Å². The van der Waals surface area contributed by atoms with E-state index in [1.807, 2.05) is 18.7 Å². The lowest BCUT2D eigenvalue weighted by atomic mass is 10.1. The summed E-state index contributed by atoms with van der Waals surface area (Å²) in [7, 11) is 0. The summed E-state index contributed by atoms with van der Waals surface area (Å²) in [5.41, 5.74) is 0. The second-order valence-electron chi connectivity index (χ2n) is 4.89. The van der Waals surface area contributed by atoms with Crippen molar-refractivity contribution < 1.29 is 4.79 Å². The largest absolute Gasteiger partial charge is 0.339 e. The molecule has 0 rings (SSSR count). The molecule has 0 saturated carbocycles. The Hall–Kier alpha value is -0.240. The highest BCUT2D eigenvalue weighted by Gasteiger charge is 2.15. The summed E-state index contributed by atoms with van der Waals surface area (Å²) in [5.74, 6) is 0.789. The Bertz CT molecular complexity index is 195. The highest BCUT2D eigenvalue weighted by molar-refractivity contribution is 6.18. The quantitative estimate of drug-likeness (QED) is 0.426. The van der Waals surface area contributed by atoms with Gasteiger partial charge in [-0.15, -0.1) is 11.6 Å². The van der Waals surface area contributed by atoms with Gasteiger partial charge >= 0.3 is 0 Å². The molecule has 0 aromatic rings. The molecule has 0 N–H and O–H groups in total. The highest BCUT2D eigenvalue weighted by Crippen LogP contribution is 2.10. The fraction of sp³-hybridized carbons (Fsp3) is 0.929. The van der Waals surface area contributed by atoms with Crippen molar-refractivity contribution in [2.45, 2.75) is 71.8 Å². The van der Waals surface area contributed by atoms with Crippen molar-refractivity contribution in [3.05, 3.63) is 0 Å². The predicted molar refractivity (Wildman–Crippen MR) is 75.6 cm³/mol. The Morgan fingerprint density at radius 3 is 2.24 bits per heavy atom. The number of halogens is 1. The van der Waals surface area contributed by atoms with E-state index in [4.69, 9.17) is 11.6 Å². The molecule has 0 heterocycles. The van der Waals surface area contributed by atoms with E-state index in [1.165, 1.54) is 32.1 Å². The summed E-state index contributed by atoms with van der Waals surface area (Å²) < 4.78 is 0. The lowest BCUT2D eigenvalue weighted by Crippen LogP contribution is -2.38. The van der Waals surface area contributed by atoms with Crippen LogP contribution >= 0.6 is 11.6 Å². The van der Waals surface area contributed by atoms with Gasteiger partial charge in [0.2, 0.25) is 5.91 Å². The molecular formula is C14H28ClNO. The minimum absolute atomic E-state index is 0.260. The van der Waals surface area contributed by atoms with E-state index in [0.29, 0.717) is 18.8 Å². The van der Waals surface area contributed by atoms with Crippen LogP contribution in [-0.2, 0) is 4.79 Å². The molecule has 0 atom stereocenters. The zero-order valence-electron chi connectivity index (χ0n) is 11.7. The van der Waals surface area contributed by atoms with Gasteiger partial charge < -0.3 is 4.90 Å². The number of unbranched alkanes of at least 4 members (excludes halogenated alkanes) is 5. The molecule has 3 heteroatoms. The summed E-state index contributed by atoms with van der Waals surface area (Å²) in [6, 6.07) is 0.265. The van der Waals surface area contributed by atoms with Crippen LogP contribution in [-0.4, -0.2) is 29.3 Å². The number of carbonyl (C=O) groups is 1. The molecular weight excluding hydrogens is 234 g/mol. The number of alkyl halides is 1. The Balaban J connectivity index is 3.67. The number of hydrogen-bond acceptors (Lipinski definition) is 1. The zero-order valence-corrected chi connectivity index (χ0v) is 12.4. The van der Waals surface area contributed by atoms with Crippen molar-refractivity contribution in [2.24, 2.45) is 0 Å². The molecule has 0 saturated heterocycles. The van der Waals surface area contributed by atoms with E-state index in [0.717, 1.165) is 6.42 Å². The second kappa shape index (κ2) is 10.9. The van der Waals surface area contributed by atoms with Crippen molar-refractivity contribution in [3.8, 4) is 0 Å². The maximum absolute atomic E-state index is 11.9. The Labute approximate surface area is 112 Å². The first-order valence-corrected chi connectivity index (χ1v) is 7.52. The monoisotopic (exact) mass is 261 g/mol. The molecule has 102 valence electrons. The van der Waals surface area contributed by atoms with Gasteiger partial charge in [0.25, 0.3) is 0 Å². The van der Waals surface area contributed by atoms with E-state index >= 15 is 0 Å². The van der Waals surface area contributed by atoms with Gasteiger partial charge in [-0.2, -0.15) is 0 Å². The average molecular weight is 262 g/mol. The topological polar surface area (TPSA) is 20.3 Å². The molecule has 0 spiro atoms. The highest BCUT2D eigenvalue weighted by atomic mass is 35.5. The molecule has 0 aliphatic carbocycles. The Morgan fingerprint density at radius 2 is 1.71 bits per heavy atom. The number of rotatable bonds is 10. The van der Waals surface area contributed by atoms with Crippen molar-refractivity contribution in [1.29, 1.82) is 0 Å². The smallest absolute Gasteiger partial charge is 0.222 e. The zero-order chi connectivity index (χ0) is 13.1. The molecule has 2 nitrogen and oxygen atoms in total. The molecule has 0 bridgehead atoms. The average Bonchev–Trinajstić information content (AvgIpc) is 2.29. The van der Waals surface area contributed by atoms with Crippen LogP contribution in [0.3, 0.4) is 0 Å². The van der Waals surface area contributed by atoms with E-state index in [9.17, 15) is 4.79 Å². The van der Waals surface area contributed by atoms with Crippen LogP contribution in [0.15, 0.2) is 0 Å². The molecule has 1 amide bonds. The molecule has 0 unspecified atom stereocenters. The molecule has 0 radical (unpaired) electrons. The summed E-state index contributed by atoms with van der Waals surface area (Å²) in [4.78, 5) is 13.8. The minimum atomic E-state index is 0.260. The Kier molecular flexibility index (Phi) is 10.7. The third-order valence-corrected chi connectivity index (χ3v) is 3.18. The van der Waals surface area contributed by atoms with Crippen LogP contribution in [0.2, 0.25) is 0 Å². The van der Waals surface area contributed by atoms with Crippen LogP contribution < -0.4 is 0 Å². The van der Waals surface area contributed by atoms with E-state index in [1.54, 1.807) is 0 Å². The first-order valence-electron chi connectivity index (χ1n) is 6.98. The number of nitrogens with zero attached hydrogens (tertiary/aromatic N) is 1. The third-order valence-electron chi connectivity index (χ3n) is 3.01. The van der Waals surface area contributed by atoms with Gasteiger partial charge in [0.15, 0.2) is 0 Å². The fourth-order valence-electron chi connectivity index (χ4n) is 1.96. The molecule has 0 aliphatic heterocycles. The van der Waals surface area contributed by atoms with Crippen LogP contribution in [0.5, 0.6) is 0 Å². The van der Waals surface area contributed by atoms with Gasteiger partial charge in [0.05, 0.1) is 0 Å². The van der Waals surface area contributed by atoms with Crippen LogP contribution in [0, 0.1) is 0 Å². The lowest BCUT2D eigenvalue weighted by molar-refractivity contribution is -0.132. The van der Waals surface area contributed by atoms with Crippen molar-refractivity contribution in [3.63, 3.8) is 0 Å². The SMILES string of the molecule is CCCCCCCCC(=O)N(CCCl)C(C)C. The lowest BCUT2D eigenvalue weighted by Gasteiger charge is -2.25. The summed E-state index contributed by atoms with van der Waals surface area (Å²) in [6.45, 7) is 6.99. The van der Waals surface area contributed by atoms with Gasteiger partial charge in [0, 0.05) is 24.9 Å². The van der Waals surface area contributed by atoms with Gasteiger partial charge in [-0.05, 0) is 20.3 Å². The number of carbonyl (C=O) groups excluding carboxylic acids is 1. The van der Waals surface area contributed by atoms with Crippen LogP contribution in [0.4, 0.5) is 0 Å². The van der Waals surface area contributed by atoms with Crippen molar-refractivity contribution in [2.75, 3.05) is 12.4 Å². The van der Waals surface area contributed by atoms with Crippen LogP contribution in [0.25, 0.3) is 0 Å². The van der Waals surface area contributed by atoms with Crippen molar-refractivity contribution >= 4 is 17.5 Å². The first-order chi connectivity index (χ1) is 8.13. The standard InChI is InChI=1S/C14H28ClNO/c1-4-5-6-7-8-9-10-14(17)16(12-11-15)13(2)3/h13H,4-12H2,1-3H3. The molecule has 0 aliphatic rings. The number of amides is 1. The molecule has 0 fully saturated rings. The van der Waals surface area contributed by atoms with Crippen molar-refractivity contribution in [1.82, 2.24) is 4.90 Å². The van der Waals surface area contributed by atoms with Gasteiger partial charge in [-0.1, -0.05) is 39.0 Å². The number of hydrogen-bond donors (Lipinski definition) is 0. The normalized spacial score (nSPS) is 10.9. The molecule has 0 aromatic heterocycles. The second-order valence-corrected chi connectivity index (χ2v) is 5.27. The summed E-state index contributed by atoms with van der Waals surface area (Å²) in [6.07, 6.45) is 8.04. The third kappa shape index (κ3) is 8.48. The summed E-state index contributed by atoms with van der Waals surface area (Å²) in [5, 5.41) is 0. The first kappa shape index (κ1) is 16.8. The van der Waals surface area contributed by atoms with E-state index in [-0.39, 0.29) is 11.9 Å². The molecule has 0 aromatic carbocycles. The van der Waals surface area contributed by atoms with E-state index in [2.05, 4.69) is 6.92 Å². The van der Waals surface area contributed by atoms with E-state index < -0.39 is 0 Å². The Morgan fingerprint density at radius 1 is 1.12 bits per heavy atom. The van der Waals surface area contributed by atoms with Crippen LogP contribution in [0.1, 0.15) is 65.7 Å². The summed E-state index contributed by atoms with van der Waals surface area (Å²) >= 11 is 5.71. The maximum Gasteiger partial charge on any atom is 0.222 e.